The molecule has 0 aliphatic carbocycles. The molecule has 2 aromatic rings. The quantitative estimate of drug-likeness (QED) is 0.810. The van der Waals surface area contributed by atoms with Gasteiger partial charge in [0.25, 0.3) is 11.8 Å². The van der Waals surface area contributed by atoms with Crippen LogP contribution in [0.2, 0.25) is 0 Å². The van der Waals surface area contributed by atoms with Crippen LogP contribution in [0.15, 0.2) is 51.7 Å². The van der Waals surface area contributed by atoms with Gasteiger partial charge in [-0.15, -0.1) is 5.10 Å². The number of amides is 2. The van der Waals surface area contributed by atoms with E-state index < -0.39 is 0 Å². The Labute approximate surface area is 117 Å². The molecule has 0 unspecified atom stereocenters. The van der Waals surface area contributed by atoms with E-state index in [2.05, 4.69) is 9.59 Å². The van der Waals surface area contributed by atoms with E-state index >= 15 is 0 Å². The highest BCUT2D eigenvalue weighted by Gasteiger charge is 2.24. The average Bonchev–Trinajstić information content (AvgIpc) is 3.02. The van der Waals surface area contributed by atoms with Crippen LogP contribution < -0.4 is 4.90 Å². The second-order valence-electron chi connectivity index (χ2n) is 3.68. The van der Waals surface area contributed by atoms with Crippen LogP contribution in [-0.2, 0) is 9.59 Å². The minimum atomic E-state index is -0.311. The molecule has 0 radical (unpaired) electrons. The number of benzene rings is 1. The van der Waals surface area contributed by atoms with Crippen LogP contribution in [0.4, 0.5) is 5.69 Å². The first kappa shape index (κ1) is 12.1. The lowest BCUT2D eigenvalue weighted by Gasteiger charge is -2.13. The molecule has 1 aromatic heterocycles. The summed E-state index contributed by atoms with van der Waals surface area (Å²) < 4.78 is 3.78. The van der Waals surface area contributed by atoms with Crippen molar-refractivity contribution in [3.05, 3.63) is 41.8 Å². The van der Waals surface area contributed by atoms with Crippen molar-refractivity contribution in [2.45, 2.75) is 9.92 Å². The highest BCUT2D eigenvalue weighted by Crippen LogP contribution is 2.29. The van der Waals surface area contributed by atoms with Crippen molar-refractivity contribution in [3.63, 3.8) is 0 Å². The first-order chi connectivity index (χ1) is 9.24. The molecule has 5 nitrogen and oxygen atoms in total. The van der Waals surface area contributed by atoms with E-state index in [0.717, 1.165) is 14.8 Å². The van der Waals surface area contributed by atoms with E-state index in [1.165, 1.54) is 35.4 Å². The molecule has 2 amide bonds. The van der Waals surface area contributed by atoms with Crippen molar-refractivity contribution in [1.82, 2.24) is 9.59 Å². The molecule has 2 heterocycles. The Bertz CT molecular complexity index is 632. The summed E-state index contributed by atoms with van der Waals surface area (Å²) in [6, 6.07) is 7.17. The molecule has 1 aromatic carbocycles. The largest absolute Gasteiger partial charge is 0.269 e. The average molecular weight is 289 g/mol. The van der Waals surface area contributed by atoms with Gasteiger partial charge in [0.2, 0.25) is 0 Å². The summed E-state index contributed by atoms with van der Waals surface area (Å²) in [6.07, 6.45) is 2.54. The van der Waals surface area contributed by atoms with Gasteiger partial charge in [0.1, 0.15) is 5.03 Å². The third-order valence-electron chi connectivity index (χ3n) is 2.47. The SMILES string of the molecule is O=C1C=CC(=O)N1c1ccc(Sc2csnn2)cc1. The predicted octanol–water partition coefficient (Wildman–Crippen LogP) is 2.12. The summed E-state index contributed by atoms with van der Waals surface area (Å²) >= 11 is 2.78. The van der Waals surface area contributed by atoms with Gasteiger partial charge in [-0.05, 0) is 35.8 Å². The first-order valence-corrected chi connectivity index (χ1v) is 7.00. The smallest absolute Gasteiger partial charge is 0.258 e. The second kappa shape index (κ2) is 4.94. The van der Waals surface area contributed by atoms with Gasteiger partial charge in [-0.25, -0.2) is 4.90 Å². The Hall–Kier alpha value is -1.99. The number of nitrogens with zero attached hydrogens (tertiary/aromatic N) is 3. The van der Waals surface area contributed by atoms with Gasteiger partial charge in [0.05, 0.1) is 5.69 Å². The van der Waals surface area contributed by atoms with Crippen LogP contribution in [0.3, 0.4) is 0 Å². The number of anilines is 1. The van der Waals surface area contributed by atoms with Crippen LogP contribution in [0.25, 0.3) is 0 Å². The second-order valence-corrected chi connectivity index (χ2v) is 5.39. The van der Waals surface area contributed by atoms with Crippen LogP contribution in [0.5, 0.6) is 0 Å². The van der Waals surface area contributed by atoms with Gasteiger partial charge in [0.15, 0.2) is 0 Å². The van der Waals surface area contributed by atoms with Crippen LogP contribution in [-0.4, -0.2) is 21.4 Å². The fourth-order valence-electron chi connectivity index (χ4n) is 1.64. The number of carbonyl (C=O) groups is 2. The minimum absolute atomic E-state index is 0.311. The number of hydrogen-bond acceptors (Lipinski definition) is 6. The molecule has 0 saturated heterocycles. The zero-order chi connectivity index (χ0) is 13.2. The van der Waals surface area contributed by atoms with E-state index in [9.17, 15) is 9.59 Å². The Morgan fingerprint density at radius 1 is 1.05 bits per heavy atom. The van der Waals surface area contributed by atoms with Gasteiger partial charge in [-0.1, -0.05) is 16.3 Å². The fraction of sp³-hybridized carbons (Fsp3) is 0. The lowest BCUT2D eigenvalue weighted by atomic mass is 10.3. The summed E-state index contributed by atoms with van der Waals surface area (Å²) in [7, 11) is 0. The van der Waals surface area contributed by atoms with E-state index in [-0.39, 0.29) is 11.8 Å². The van der Waals surface area contributed by atoms with E-state index in [4.69, 9.17) is 0 Å². The maximum atomic E-state index is 11.5. The first-order valence-electron chi connectivity index (χ1n) is 5.35. The Morgan fingerprint density at radius 2 is 1.74 bits per heavy atom. The maximum Gasteiger partial charge on any atom is 0.258 e. The van der Waals surface area contributed by atoms with Crippen molar-refractivity contribution >= 4 is 40.8 Å². The standard InChI is InChI=1S/C12H7N3O2S2/c16-11-5-6-12(17)15(11)8-1-3-9(4-2-8)19-10-7-18-14-13-10/h1-7H. The normalized spacial score (nSPS) is 14.4. The van der Waals surface area contributed by atoms with Crippen molar-refractivity contribution < 1.29 is 9.59 Å². The third kappa shape index (κ3) is 2.42. The summed E-state index contributed by atoms with van der Waals surface area (Å²) in [5.41, 5.74) is 0.570. The molecule has 19 heavy (non-hydrogen) atoms. The fourth-order valence-corrected chi connectivity index (χ4v) is 2.93. The predicted molar refractivity (Wildman–Crippen MR) is 72.1 cm³/mol. The minimum Gasteiger partial charge on any atom is -0.269 e. The maximum absolute atomic E-state index is 11.5. The highest BCUT2D eigenvalue weighted by atomic mass is 32.2. The molecule has 3 rings (SSSR count). The van der Waals surface area contributed by atoms with Crippen molar-refractivity contribution in [3.8, 4) is 0 Å². The molecule has 94 valence electrons. The van der Waals surface area contributed by atoms with Crippen LogP contribution in [0.1, 0.15) is 0 Å². The molecular formula is C12H7N3O2S2. The third-order valence-corrected chi connectivity index (χ3v) is 4.04. The molecule has 0 bridgehead atoms. The Kier molecular flexibility index (Phi) is 3.14. The van der Waals surface area contributed by atoms with Gasteiger partial charge in [-0.3, -0.25) is 9.59 Å². The van der Waals surface area contributed by atoms with Crippen molar-refractivity contribution in [2.24, 2.45) is 0 Å². The molecule has 0 atom stereocenters. The van der Waals surface area contributed by atoms with Gasteiger partial charge in [0, 0.05) is 22.4 Å². The number of rotatable bonds is 3. The summed E-state index contributed by atoms with van der Waals surface area (Å²) in [6.45, 7) is 0. The number of carbonyl (C=O) groups excluding carboxylic acids is 2. The summed E-state index contributed by atoms with van der Waals surface area (Å²) in [5.74, 6) is -0.622. The van der Waals surface area contributed by atoms with Crippen molar-refractivity contribution in [2.75, 3.05) is 4.90 Å². The molecule has 0 saturated carbocycles. The zero-order valence-corrected chi connectivity index (χ0v) is 11.1. The molecule has 7 heteroatoms. The number of imide groups is 1. The molecule has 1 aliphatic heterocycles. The van der Waals surface area contributed by atoms with E-state index in [1.807, 2.05) is 17.5 Å². The van der Waals surface area contributed by atoms with Crippen molar-refractivity contribution in [1.29, 1.82) is 0 Å². The lowest BCUT2D eigenvalue weighted by molar-refractivity contribution is -0.119. The molecule has 0 N–H and O–H groups in total. The van der Waals surface area contributed by atoms with Crippen LogP contribution >= 0.6 is 23.3 Å². The Morgan fingerprint density at radius 3 is 2.32 bits per heavy atom. The van der Waals surface area contributed by atoms with Gasteiger partial charge < -0.3 is 0 Å². The summed E-state index contributed by atoms with van der Waals surface area (Å²) in [4.78, 5) is 25.2. The zero-order valence-electron chi connectivity index (χ0n) is 9.52. The van der Waals surface area contributed by atoms with Gasteiger partial charge in [-0.2, -0.15) is 0 Å². The topological polar surface area (TPSA) is 63.2 Å². The molecule has 1 aliphatic rings. The molecular weight excluding hydrogens is 282 g/mol. The summed E-state index contributed by atoms with van der Waals surface area (Å²) in [5, 5.41) is 6.62. The monoisotopic (exact) mass is 289 g/mol. The van der Waals surface area contributed by atoms with Crippen LogP contribution in [0, 0.1) is 0 Å². The van der Waals surface area contributed by atoms with E-state index in [1.54, 1.807) is 12.1 Å². The number of aromatic nitrogens is 2. The highest BCUT2D eigenvalue weighted by molar-refractivity contribution is 7.99. The number of hydrogen-bond donors (Lipinski definition) is 0. The van der Waals surface area contributed by atoms with Gasteiger partial charge >= 0.3 is 0 Å². The lowest BCUT2D eigenvalue weighted by Crippen LogP contribution is -2.29. The Balaban J connectivity index is 1.79. The van der Waals surface area contributed by atoms with E-state index in [0.29, 0.717) is 5.69 Å². The molecule has 0 spiro atoms. The molecule has 0 fully saturated rings.